The van der Waals surface area contributed by atoms with E-state index in [1.54, 1.807) is 6.20 Å². The molecule has 0 spiro atoms. The van der Waals surface area contributed by atoms with E-state index in [2.05, 4.69) is 83.8 Å². The molecule has 1 heterocycles. The van der Waals surface area contributed by atoms with Gasteiger partial charge >= 0.3 is 0 Å². The van der Waals surface area contributed by atoms with Gasteiger partial charge in [0, 0.05) is 23.5 Å². The SMILES string of the molecule is c1ccc(C(=NC(c2ccccc2)c2cccnc2)c2ccccc2)cc1. The van der Waals surface area contributed by atoms with E-state index in [4.69, 9.17) is 4.99 Å². The highest BCUT2D eigenvalue weighted by atomic mass is 14.8. The largest absolute Gasteiger partial charge is 0.271 e. The van der Waals surface area contributed by atoms with E-state index in [1.807, 2.05) is 30.5 Å². The van der Waals surface area contributed by atoms with E-state index in [-0.39, 0.29) is 6.04 Å². The van der Waals surface area contributed by atoms with Gasteiger partial charge in [-0.3, -0.25) is 9.98 Å². The lowest BCUT2D eigenvalue weighted by Crippen LogP contribution is -2.08. The fourth-order valence-corrected chi connectivity index (χ4v) is 3.15. The molecule has 0 aliphatic heterocycles. The number of hydrogen-bond donors (Lipinski definition) is 0. The molecule has 0 amide bonds. The van der Waals surface area contributed by atoms with Crippen molar-refractivity contribution in [1.82, 2.24) is 4.98 Å². The monoisotopic (exact) mass is 348 g/mol. The van der Waals surface area contributed by atoms with Crippen molar-refractivity contribution in [2.75, 3.05) is 0 Å². The zero-order valence-corrected chi connectivity index (χ0v) is 14.9. The molecule has 0 bridgehead atoms. The maximum Gasteiger partial charge on any atom is 0.102 e. The zero-order chi connectivity index (χ0) is 18.3. The first kappa shape index (κ1) is 16.9. The molecule has 1 atom stereocenters. The Morgan fingerprint density at radius 3 is 1.63 bits per heavy atom. The van der Waals surface area contributed by atoms with Gasteiger partial charge in [-0.2, -0.15) is 0 Å². The van der Waals surface area contributed by atoms with Gasteiger partial charge in [0.2, 0.25) is 0 Å². The first-order valence-electron chi connectivity index (χ1n) is 9.05. The summed E-state index contributed by atoms with van der Waals surface area (Å²) in [6, 6.07) is 35.0. The summed E-state index contributed by atoms with van der Waals surface area (Å²) >= 11 is 0. The van der Waals surface area contributed by atoms with Crippen LogP contribution < -0.4 is 0 Å². The van der Waals surface area contributed by atoms with Crippen LogP contribution >= 0.6 is 0 Å². The van der Waals surface area contributed by atoms with Crippen molar-refractivity contribution < 1.29 is 0 Å². The minimum atomic E-state index is -0.115. The summed E-state index contributed by atoms with van der Waals surface area (Å²) in [5.74, 6) is 0. The molecule has 0 saturated carbocycles. The van der Waals surface area contributed by atoms with Crippen molar-refractivity contribution in [3.8, 4) is 0 Å². The summed E-state index contributed by atoms with van der Waals surface area (Å²) in [5, 5.41) is 0. The molecule has 2 nitrogen and oxygen atoms in total. The first-order valence-corrected chi connectivity index (χ1v) is 9.05. The second-order valence-electron chi connectivity index (χ2n) is 6.31. The van der Waals surface area contributed by atoms with E-state index < -0.39 is 0 Å². The summed E-state index contributed by atoms with van der Waals surface area (Å²) in [7, 11) is 0. The standard InChI is InChI=1S/C25H20N2/c1-4-11-20(12-5-1)24(21-13-6-2-7-14-21)27-25(22-15-8-3-9-16-22)23-17-10-18-26-19-23/h1-19,25H. The van der Waals surface area contributed by atoms with Crippen molar-refractivity contribution in [2.24, 2.45) is 4.99 Å². The molecule has 0 fully saturated rings. The molecule has 1 aromatic heterocycles. The van der Waals surface area contributed by atoms with Gasteiger partial charge < -0.3 is 0 Å². The topological polar surface area (TPSA) is 25.2 Å². The van der Waals surface area contributed by atoms with Crippen LogP contribution in [0.3, 0.4) is 0 Å². The van der Waals surface area contributed by atoms with Crippen molar-refractivity contribution in [3.63, 3.8) is 0 Å². The second-order valence-corrected chi connectivity index (χ2v) is 6.31. The molecule has 0 aliphatic rings. The molecule has 0 radical (unpaired) electrons. The molecule has 0 N–H and O–H groups in total. The fraction of sp³-hybridized carbons (Fsp3) is 0.0400. The second kappa shape index (κ2) is 8.24. The normalized spacial score (nSPS) is 11.6. The highest BCUT2D eigenvalue weighted by molar-refractivity contribution is 6.13. The van der Waals surface area contributed by atoms with Crippen LogP contribution in [0.4, 0.5) is 0 Å². The molecule has 2 heteroatoms. The number of aromatic nitrogens is 1. The molecule has 4 aromatic rings. The molecule has 3 aromatic carbocycles. The molecule has 0 aliphatic carbocycles. The van der Waals surface area contributed by atoms with Crippen LogP contribution in [-0.4, -0.2) is 10.7 Å². The summed E-state index contributed by atoms with van der Waals surface area (Å²) in [5.41, 5.74) is 5.42. The minimum Gasteiger partial charge on any atom is -0.271 e. The Hall–Kier alpha value is -3.52. The molecule has 4 rings (SSSR count). The van der Waals surface area contributed by atoms with Crippen LogP contribution in [0.15, 0.2) is 121 Å². The van der Waals surface area contributed by atoms with E-state index in [0.717, 1.165) is 28.0 Å². The van der Waals surface area contributed by atoms with Gasteiger partial charge in [0.25, 0.3) is 0 Å². The zero-order valence-electron chi connectivity index (χ0n) is 14.9. The average molecular weight is 348 g/mol. The van der Waals surface area contributed by atoms with Crippen LogP contribution in [0.25, 0.3) is 0 Å². The minimum absolute atomic E-state index is 0.115. The maximum atomic E-state index is 5.23. The number of benzene rings is 3. The third kappa shape index (κ3) is 4.01. The van der Waals surface area contributed by atoms with Gasteiger partial charge in [0.05, 0.1) is 5.71 Å². The van der Waals surface area contributed by atoms with E-state index >= 15 is 0 Å². The predicted octanol–water partition coefficient (Wildman–Crippen LogP) is 5.71. The van der Waals surface area contributed by atoms with Crippen molar-refractivity contribution in [1.29, 1.82) is 0 Å². The number of pyridine rings is 1. The highest BCUT2D eigenvalue weighted by Gasteiger charge is 2.16. The molecular weight excluding hydrogens is 328 g/mol. The lowest BCUT2D eigenvalue weighted by Gasteiger charge is -2.17. The lowest BCUT2D eigenvalue weighted by molar-refractivity contribution is 0.865. The molecule has 1 unspecified atom stereocenters. The number of aliphatic imine (C=N–C) groups is 1. The van der Waals surface area contributed by atoms with Crippen LogP contribution in [0.2, 0.25) is 0 Å². The lowest BCUT2D eigenvalue weighted by atomic mass is 9.98. The number of hydrogen-bond acceptors (Lipinski definition) is 2. The van der Waals surface area contributed by atoms with E-state index in [1.165, 1.54) is 0 Å². The van der Waals surface area contributed by atoms with Crippen LogP contribution in [0, 0.1) is 0 Å². The third-order valence-electron chi connectivity index (χ3n) is 4.47. The highest BCUT2D eigenvalue weighted by Crippen LogP contribution is 2.27. The fourth-order valence-electron chi connectivity index (χ4n) is 3.15. The number of rotatable bonds is 5. The van der Waals surface area contributed by atoms with Gasteiger partial charge in [-0.1, -0.05) is 97.1 Å². The van der Waals surface area contributed by atoms with Gasteiger partial charge in [-0.25, -0.2) is 0 Å². The van der Waals surface area contributed by atoms with Gasteiger partial charge in [0.15, 0.2) is 0 Å². The Bertz CT molecular complexity index is 914. The smallest absolute Gasteiger partial charge is 0.102 e. The van der Waals surface area contributed by atoms with Gasteiger partial charge in [-0.15, -0.1) is 0 Å². The average Bonchev–Trinajstić information content (AvgIpc) is 2.77. The molecule has 0 saturated heterocycles. The van der Waals surface area contributed by atoms with Crippen molar-refractivity contribution >= 4 is 5.71 Å². The maximum absolute atomic E-state index is 5.23. The van der Waals surface area contributed by atoms with E-state index in [9.17, 15) is 0 Å². The quantitative estimate of drug-likeness (QED) is 0.424. The Morgan fingerprint density at radius 2 is 1.11 bits per heavy atom. The third-order valence-corrected chi connectivity index (χ3v) is 4.47. The molecular formula is C25H20N2. The summed E-state index contributed by atoms with van der Waals surface area (Å²) in [6.07, 6.45) is 3.69. The Labute approximate surface area is 159 Å². The van der Waals surface area contributed by atoms with Crippen molar-refractivity contribution in [3.05, 3.63) is 138 Å². The molecule has 27 heavy (non-hydrogen) atoms. The van der Waals surface area contributed by atoms with Crippen LogP contribution in [0.5, 0.6) is 0 Å². The Balaban J connectivity index is 1.90. The first-order chi connectivity index (χ1) is 13.4. The summed E-state index contributed by atoms with van der Waals surface area (Å²) in [4.78, 5) is 9.55. The van der Waals surface area contributed by atoms with E-state index in [0.29, 0.717) is 0 Å². The summed E-state index contributed by atoms with van der Waals surface area (Å²) < 4.78 is 0. The van der Waals surface area contributed by atoms with Gasteiger partial charge in [-0.05, 0) is 17.2 Å². The predicted molar refractivity (Wildman–Crippen MR) is 111 cm³/mol. The van der Waals surface area contributed by atoms with Gasteiger partial charge in [0.1, 0.15) is 6.04 Å². The molecule has 130 valence electrons. The Morgan fingerprint density at radius 1 is 0.593 bits per heavy atom. The number of nitrogens with zero attached hydrogens (tertiary/aromatic N) is 2. The van der Waals surface area contributed by atoms with Crippen LogP contribution in [0.1, 0.15) is 28.3 Å². The van der Waals surface area contributed by atoms with Crippen LogP contribution in [-0.2, 0) is 0 Å². The summed E-state index contributed by atoms with van der Waals surface area (Å²) in [6.45, 7) is 0. The Kier molecular flexibility index (Phi) is 5.16. The van der Waals surface area contributed by atoms with Crippen molar-refractivity contribution in [2.45, 2.75) is 6.04 Å².